The SMILES string of the molecule is INc1ccc(-c2ccc(NI)cc2)cc1. The Kier molecular flexibility index (Phi) is 4.28. The zero-order valence-electron chi connectivity index (χ0n) is 8.37. The third-order valence-corrected chi connectivity index (χ3v) is 3.57. The largest absolute Gasteiger partial charge is 0.328 e. The van der Waals surface area contributed by atoms with Gasteiger partial charge in [0.25, 0.3) is 0 Å². The average molecular weight is 436 g/mol. The van der Waals surface area contributed by atoms with Gasteiger partial charge in [-0.25, -0.2) is 0 Å². The van der Waals surface area contributed by atoms with Crippen molar-refractivity contribution in [1.82, 2.24) is 0 Å². The molecule has 0 amide bonds. The summed E-state index contributed by atoms with van der Waals surface area (Å²) in [6.07, 6.45) is 0. The summed E-state index contributed by atoms with van der Waals surface area (Å²) in [4.78, 5) is 0. The third-order valence-electron chi connectivity index (χ3n) is 2.32. The van der Waals surface area contributed by atoms with Gasteiger partial charge in [0.2, 0.25) is 0 Å². The Hall–Kier alpha value is -0.500. The maximum Gasteiger partial charge on any atom is 0.0560 e. The summed E-state index contributed by atoms with van der Waals surface area (Å²) in [5.41, 5.74) is 4.70. The molecule has 0 bridgehead atoms. The van der Waals surface area contributed by atoms with E-state index in [1.54, 1.807) is 0 Å². The molecule has 0 spiro atoms. The van der Waals surface area contributed by atoms with Gasteiger partial charge in [-0.3, -0.25) is 0 Å². The molecule has 4 heteroatoms. The molecule has 2 aromatic carbocycles. The molecule has 2 nitrogen and oxygen atoms in total. The lowest BCUT2D eigenvalue weighted by Gasteiger charge is -2.04. The fourth-order valence-corrected chi connectivity index (χ4v) is 2.17. The molecule has 16 heavy (non-hydrogen) atoms. The highest BCUT2D eigenvalue weighted by molar-refractivity contribution is 14.1. The van der Waals surface area contributed by atoms with Crippen LogP contribution in [0.4, 0.5) is 11.4 Å². The number of nitrogens with one attached hydrogen (secondary N) is 2. The Morgan fingerprint density at radius 2 is 0.875 bits per heavy atom. The van der Waals surface area contributed by atoms with Crippen LogP contribution >= 0.6 is 45.7 Å². The van der Waals surface area contributed by atoms with E-state index in [4.69, 9.17) is 0 Å². The van der Waals surface area contributed by atoms with Crippen LogP contribution in [0.3, 0.4) is 0 Å². The highest BCUT2D eigenvalue weighted by atomic mass is 127. The molecular formula is C12H10I2N2. The van der Waals surface area contributed by atoms with Crippen LogP contribution in [0.25, 0.3) is 11.1 Å². The molecule has 82 valence electrons. The van der Waals surface area contributed by atoms with Crippen molar-refractivity contribution in [3.8, 4) is 11.1 Å². The summed E-state index contributed by atoms with van der Waals surface area (Å²) in [7, 11) is 0. The molecule has 0 atom stereocenters. The first kappa shape index (κ1) is 12.0. The normalized spacial score (nSPS) is 9.88. The van der Waals surface area contributed by atoms with Crippen molar-refractivity contribution >= 4 is 57.1 Å². The molecule has 2 aromatic rings. The third kappa shape index (κ3) is 2.79. The molecule has 0 saturated carbocycles. The molecular weight excluding hydrogens is 426 g/mol. The van der Waals surface area contributed by atoms with Crippen LogP contribution in [-0.2, 0) is 0 Å². The van der Waals surface area contributed by atoms with Crippen molar-refractivity contribution in [3.63, 3.8) is 0 Å². The second-order valence-corrected chi connectivity index (χ2v) is 4.42. The van der Waals surface area contributed by atoms with Gasteiger partial charge in [0.1, 0.15) is 0 Å². The van der Waals surface area contributed by atoms with Gasteiger partial charge in [-0.2, -0.15) is 0 Å². The van der Waals surface area contributed by atoms with Crippen LogP contribution in [0.1, 0.15) is 0 Å². The highest BCUT2D eigenvalue weighted by Gasteiger charge is 1.97. The zero-order chi connectivity index (χ0) is 11.4. The Morgan fingerprint density at radius 3 is 1.12 bits per heavy atom. The molecule has 0 aliphatic rings. The predicted molar refractivity (Wildman–Crippen MR) is 87.2 cm³/mol. The van der Waals surface area contributed by atoms with Crippen LogP contribution in [0.15, 0.2) is 48.5 Å². The lowest BCUT2D eigenvalue weighted by molar-refractivity contribution is 1.61. The lowest BCUT2D eigenvalue weighted by Crippen LogP contribution is -1.82. The van der Waals surface area contributed by atoms with E-state index in [-0.39, 0.29) is 0 Å². The van der Waals surface area contributed by atoms with E-state index in [9.17, 15) is 0 Å². The Balaban J connectivity index is 2.28. The van der Waals surface area contributed by atoms with E-state index in [2.05, 4.69) is 101 Å². The van der Waals surface area contributed by atoms with E-state index < -0.39 is 0 Å². The summed E-state index contributed by atoms with van der Waals surface area (Å²) in [6.45, 7) is 0. The number of hydrogen-bond acceptors (Lipinski definition) is 2. The van der Waals surface area contributed by atoms with Gasteiger partial charge < -0.3 is 7.06 Å². The number of halogens is 2. The van der Waals surface area contributed by atoms with Gasteiger partial charge in [0.15, 0.2) is 0 Å². The number of hydrogen-bond donors (Lipinski definition) is 2. The van der Waals surface area contributed by atoms with E-state index in [0.717, 1.165) is 11.4 Å². The monoisotopic (exact) mass is 436 g/mol. The second-order valence-electron chi connectivity index (χ2n) is 3.34. The summed E-state index contributed by atoms with van der Waals surface area (Å²) < 4.78 is 6.17. The highest BCUT2D eigenvalue weighted by Crippen LogP contribution is 2.23. The Labute approximate surface area is 123 Å². The van der Waals surface area contributed by atoms with Gasteiger partial charge in [-0.1, -0.05) is 24.3 Å². The van der Waals surface area contributed by atoms with Crippen molar-refractivity contribution in [2.24, 2.45) is 0 Å². The van der Waals surface area contributed by atoms with E-state index in [1.807, 2.05) is 0 Å². The summed E-state index contributed by atoms with van der Waals surface area (Å²) in [5.74, 6) is 0. The molecule has 0 unspecified atom stereocenters. The van der Waals surface area contributed by atoms with Gasteiger partial charge >= 0.3 is 0 Å². The van der Waals surface area contributed by atoms with Crippen molar-refractivity contribution in [2.75, 3.05) is 7.06 Å². The van der Waals surface area contributed by atoms with Crippen LogP contribution in [-0.4, -0.2) is 0 Å². The van der Waals surface area contributed by atoms with E-state index >= 15 is 0 Å². The zero-order valence-corrected chi connectivity index (χ0v) is 12.7. The van der Waals surface area contributed by atoms with Gasteiger partial charge in [0, 0.05) is 11.4 Å². The summed E-state index contributed by atoms with van der Waals surface area (Å²) in [5, 5.41) is 0. The van der Waals surface area contributed by atoms with Crippen molar-refractivity contribution in [3.05, 3.63) is 48.5 Å². The van der Waals surface area contributed by atoms with Crippen LogP contribution in [0.5, 0.6) is 0 Å². The smallest absolute Gasteiger partial charge is 0.0560 e. The van der Waals surface area contributed by atoms with Crippen molar-refractivity contribution in [1.29, 1.82) is 0 Å². The van der Waals surface area contributed by atoms with Crippen LogP contribution in [0.2, 0.25) is 0 Å². The molecule has 0 fully saturated rings. The van der Waals surface area contributed by atoms with Gasteiger partial charge in [-0.15, -0.1) is 0 Å². The molecule has 0 aromatic heterocycles. The van der Waals surface area contributed by atoms with Crippen LogP contribution < -0.4 is 7.06 Å². The first-order valence-electron chi connectivity index (χ1n) is 4.77. The second kappa shape index (κ2) is 5.72. The molecule has 0 aliphatic heterocycles. The molecule has 2 N–H and O–H groups in total. The number of rotatable bonds is 3. The minimum absolute atomic E-state index is 1.12. The van der Waals surface area contributed by atoms with Crippen LogP contribution in [0, 0.1) is 0 Å². The minimum Gasteiger partial charge on any atom is -0.328 e. The Bertz CT molecular complexity index is 406. The van der Waals surface area contributed by atoms with Crippen molar-refractivity contribution < 1.29 is 0 Å². The quantitative estimate of drug-likeness (QED) is 0.530. The Morgan fingerprint density at radius 1 is 0.562 bits per heavy atom. The standard InChI is InChI=1S/C12H10I2N2/c13-15-11-5-1-9(2-6-11)10-3-7-12(16-14)8-4-10/h1-8,15-16H. The van der Waals surface area contributed by atoms with Crippen molar-refractivity contribution in [2.45, 2.75) is 0 Å². The minimum atomic E-state index is 1.12. The average Bonchev–Trinajstić information content (AvgIpc) is 2.39. The molecule has 0 heterocycles. The first-order chi connectivity index (χ1) is 7.83. The fraction of sp³-hybridized carbons (Fsp3) is 0. The predicted octanol–water partition coefficient (Wildman–Crippen LogP) is 4.88. The molecule has 0 saturated heterocycles. The lowest BCUT2D eigenvalue weighted by atomic mass is 10.1. The molecule has 2 rings (SSSR count). The van der Waals surface area contributed by atoms with E-state index in [1.165, 1.54) is 11.1 Å². The maximum absolute atomic E-state index is 3.08. The number of benzene rings is 2. The molecule has 0 aliphatic carbocycles. The summed E-state index contributed by atoms with van der Waals surface area (Å²) >= 11 is 4.26. The fourth-order valence-electron chi connectivity index (χ4n) is 1.45. The van der Waals surface area contributed by atoms with Gasteiger partial charge in [-0.05, 0) is 35.4 Å². The van der Waals surface area contributed by atoms with Gasteiger partial charge in [0.05, 0.1) is 45.7 Å². The first-order valence-corrected chi connectivity index (χ1v) is 6.93. The van der Waals surface area contributed by atoms with E-state index in [0.29, 0.717) is 0 Å². The maximum atomic E-state index is 3.08. The number of anilines is 2. The molecule has 0 radical (unpaired) electrons. The summed E-state index contributed by atoms with van der Waals surface area (Å²) in [6, 6.07) is 16.8. The topological polar surface area (TPSA) is 24.1 Å².